The number of anilines is 3. The summed E-state index contributed by atoms with van der Waals surface area (Å²) in [5.74, 6) is -0.399. The van der Waals surface area contributed by atoms with Gasteiger partial charge < -0.3 is 44.5 Å². The number of fused-ring (bicyclic) bond motifs is 3. The van der Waals surface area contributed by atoms with Gasteiger partial charge in [-0.15, -0.1) is 0 Å². The molecule has 15 heteroatoms. The van der Waals surface area contributed by atoms with E-state index in [1.807, 2.05) is 23.7 Å². The second-order valence-electron chi connectivity index (χ2n) is 27.4. The Bertz CT molecular complexity index is 3550. The quantitative estimate of drug-likeness (QED) is 0.0216. The fraction of sp³-hybridized carbons (Fsp3) is 0.481. The van der Waals surface area contributed by atoms with Crippen molar-refractivity contribution in [3.63, 3.8) is 0 Å². The number of nitrogens with zero attached hydrogens (tertiary/aromatic N) is 5. The minimum atomic E-state index is -0.520. The van der Waals surface area contributed by atoms with Crippen LogP contribution in [0, 0.1) is 15.9 Å². The smallest absolute Gasteiger partial charge is 0.250 e. The fourth-order valence-corrected chi connectivity index (χ4v) is 14.3. The number of allylic oxidation sites excluding steroid dienone is 5. The molecule has 94 heavy (non-hydrogen) atoms. The molecule has 3 aliphatic rings. The van der Waals surface area contributed by atoms with Crippen molar-refractivity contribution in [2.24, 2.45) is 11.1 Å². The number of carbonyl (C=O) groups is 2. The summed E-state index contributed by atoms with van der Waals surface area (Å²) >= 11 is 2.42. The molecule has 2 aliphatic heterocycles. The van der Waals surface area contributed by atoms with Crippen molar-refractivity contribution in [1.29, 1.82) is 0 Å². The number of aryl methyl sites for hydroxylation is 1. The monoisotopic (exact) mass is 1390 g/mol. The number of aromatic nitrogens is 2. The van der Waals surface area contributed by atoms with Crippen molar-refractivity contribution < 1.29 is 33.3 Å². The van der Waals surface area contributed by atoms with Gasteiger partial charge >= 0.3 is 0 Å². The highest BCUT2D eigenvalue weighted by Crippen LogP contribution is 2.49. The summed E-state index contributed by atoms with van der Waals surface area (Å²) in [4.78, 5) is 33.1. The van der Waals surface area contributed by atoms with Crippen molar-refractivity contribution in [2.75, 3.05) is 107 Å². The van der Waals surface area contributed by atoms with Crippen LogP contribution in [0.2, 0.25) is 0 Å². The Hall–Kier alpha value is -6.44. The third-order valence-electron chi connectivity index (χ3n) is 18.7. The number of hydrogen-bond donors (Lipinski definition) is 2. The number of unbranched alkanes of at least 4 members (excludes halogenated alkanes) is 3. The molecule has 0 fully saturated rings. The van der Waals surface area contributed by atoms with Gasteiger partial charge in [-0.3, -0.25) is 14.5 Å². The van der Waals surface area contributed by atoms with Gasteiger partial charge in [0.1, 0.15) is 0 Å². The van der Waals surface area contributed by atoms with E-state index < -0.39 is 5.91 Å². The van der Waals surface area contributed by atoms with Crippen LogP contribution < -0.4 is 20.9 Å². The summed E-state index contributed by atoms with van der Waals surface area (Å²) in [6.45, 7) is 30.5. The number of ether oxygens (including phenoxy) is 5. The zero-order valence-corrected chi connectivity index (χ0v) is 59.7. The highest BCUT2D eigenvalue weighted by atomic mass is 127. The van der Waals surface area contributed by atoms with E-state index in [9.17, 15) is 9.59 Å². The maximum absolute atomic E-state index is 13.0. The maximum Gasteiger partial charge on any atom is 0.250 e. The van der Waals surface area contributed by atoms with Crippen molar-refractivity contribution in [3.8, 4) is 5.69 Å². The number of nitrogens with two attached hydrogens (primary N) is 1. The van der Waals surface area contributed by atoms with Crippen LogP contribution in [0.1, 0.15) is 167 Å². The third-order valence-corrected chi connectivity index (χ3v) is 19.3. The second kappa shape index (κ2) is 34.5. The predicted molar refractivity (Wildman–Crippen MR) is 392 cm³/mol. The molecule has 1 unspecified atom stereocenters. The average Bonchev–Trinajstić information content (AvgIpc) is 1.61. The third kappa shape index (κ3) is 18.8. The Kier molecular flexibility index (Phi) is 26.4. The molecule has 504 valence electrons. The van der Waals surface area contributed by atoms with Gasteiger partial charge in [0.25, 0.3) is 5.91 Å². The molecule has 0 radical (unpaired) electrons. The molecule has 1 atom stereocenters. The SMILES string of the molecule is CCCCCN1c2ccccc2C(C)(C)C1/C=C/C(=C/C=C1/N(CCCC)c2ccccc2C1(C)C)c1ccc(CN(CCCOCCOCCOCCOCCOCCCNc2cc(-n3nc(C)c4c3CC(C)(C)CC4=O)ccc2C(N)=O)Cc2cccc(I)c2)cc1. The number of carbonyl (C=O) groups excluding carboxylic acids is 2. The lowest BCUT2D eigenvalue weighted by Crippen LogP contribution is -2.40. The molecule has 14 nitrogen and oxygen atoms in total. The van der Waals surface area contributed by atoms with Crippen molar-refractivity contribution in [1.82, 2.24) is 14.7 Å². The van der Waals surface area contributed by atoms with Gasteiger partial charge in [0.2, 0.25) is 0 Å². The predicted octanol–water partition coefficient (Wildman–Crippen LogP) is 15.8. The normalized spacial score (nSPS) is 16.8. The summed E-state index contributed by atoms with van der Waals surface area (Å²) in [5, 5.41) is 8.10. The Balaban J connectivity index is 0.708. The van der Waals surface area contributed by atoms with Gasteiger partial charge in [-0.05, 0) is 149 Å². The van der Waals surface area contributed by atoms with E-state index in [-0.39, 0.29) is 28.1 Å². The largest absolute Gasteiger partial charge is 0.384 e. The lowest BCUT2D eigenvalue weighted by molar-refractivity contribution is -0.0115. The molecule has 5 aromatic carbocycles. The average molecular weight is 1390 g/mol. The van der Waals surface area contributed by atoms with Gasteiger partial charge in [-0.25, -0.2) is 4.68 Å². The van der Waals surface area contributed by atoms with Crippen LogP contribution in [0.5, 0.6) is 0 Å². The standard InChI is InChI=1S/C79H104IN7O7/c1-10-12-18-41-86-70-27-17-15-25-67(70)79(8,9)74(86)37-33-62(32-36-73-78(6,7)66-24-14-16-26-69(66)85(73)40-13-11-2)61-30-28-59(29-31-61)56-84(57-60-22-19-23-63(80)52-60)39-21-43-91-45-47-93-49-51-94-50-48-92-46-44-90-42-20-38-82-68-53-64(34-35-65(68)76(81)89)87-71-54-77(4,5)55-72(88)75(71)58(3)83-87/h14-17,19,22-37,52-53,74,82H,10-13,18,20-21,38-51,54-57H2,1-9H3,(H2,81,89)/b37-33+,62-32-,73-36+. The van der Waals surface area contributed by atoms with Crippen LogP contribution in [0.15, 0.2) is 145 Å². The molecule has 6 aromatic rings. The van der Waals surface area contributed by atoms with Crippen LogP contribution in [0.25, 0.3) is 11.3 Å². The van der Waals surface area contributed by atoms with E-state index in [2.05, 4.69) is 219 Å². The van der Waals surface area contributed by atoms with E-state index in [1.165, 1.54) is 73.3 Å². The zero-order chi connectivity index (χ0) is 66.7. The first-order valence-corrected chi connectivity index (χ1v) is 35.6. The van der Waals surface area contributed by atoms with E-state index in [0.717, 1.165) is 75.5 Å². The topological polar surface area (TPSA) is 146 Å². The molecule has 0 saturated heterocycles. The number of halogens is 1. The number of Topliss-reactive ketones (excluding diaryl/α,β-unsaturated/α-hetero) is 1. The van der Waals surface area contributed by atoms with Gasteiger partial charge in [0.15, 0.2) is 5.78 Å². The number of nitrogens with one attached hydrogen (secondary N) is 1. The van der Waals surface area contributed by atoms with Crippen LogP contribution in [0.3, 0.4) is 0 Å². The van der Waals surface area contributed by atoms with E-state index in [4.69, 9.17) is 34.5 Å². The molecule has 0 spiro atoms. The number of para-hydroxylation sites is 2. The van der Waals surface area contributed by atoms with Crippen molar-refractivity contribution in [2.45, 2.75) is 150 Å². The minimum absolute atomic E-state index is 0.0545. The maximum atomic E-state index is 13.0. The molecule has 9 rings (SSSR count). The van der Waals surface area contributed by atoms with Gasteiger partial charge in [-0.2, -0.15) is 5.10 Å². The molecule has 1 aliphatic carbocycles. The summed E-state index contributed by atoms with van der Waals surface area (Å²) in [6.07, 6.45) is 18.5. The number of ketones is 1. The summed E-state index contributed by atoms with van der Waals surface area (Å²) in [6, 6.07) is 41.9. The molecule has 1 amide bonds. The van der Waals surface area contributed by atoms with Crippen LogP contribution in [0.4, 0.5) is 17.1 Å². The van der Waals surface area contributed by atoms with Gasteiger partial charge in [0.05, 0.1) is 87.1 Å². The fourth-order valence-electron chi connectivity index (χ4n) is 13.7. The van der Waals surface area contributed by atoms with Crippen molar-refractivity contribution >= 4 is 56.9 Å². The summed E-state index contributed by atoms with van der Waals surface area (Å²) in [7, 11) is 0. The minimum Gasteiger partial charge on any atom is -0.384 e. The van der Waals surface area contributed by atoms with Gasteiger partial charge in [-0.1, -0.05) is 166 Å². The molecular formula is C79H104IN7O7. The first-order chi connectivity index (χ1) is 45.4. The lowest BCUT2D eigenvalue weighted by atomic mass is 9.75. The van der Waals surface area contributed by atoms with E-state index in [0.29, 0.717) is 102 Å². The Morgan fingerprint density at radius 1 is 0.691 bits per heavy atom. The second-order valence-corrected chi connectivity index (χ2v) is 28.6. The number of amides is 1. The first kappa shape index (κ1) is 71.8. The zero-order valence-electron chi connectivity index (χ0n) is 57.6. The first-order valence-electron chi connectivity index (χ1n) is 34.5. The lowest BCUT2D eigenvalue weighted by Gasteiger charge is -2.32. The molecule has 3 N–H and O–H groups in total. The Labute approximate surface area is 574 Å². The van der Waals surface area contributed by atoms with Crippen LogP contribution >= 0.6 is 22.6 Å². The van der Waals surface area contributed by atoms with E-state index in [1.54, 1.807) is 6.07 Å². The molecule has 3 heterocycles. The van der Waals surface area contributed by atoms with Gasteiger partial charge in [0, 0.05) is 96.1 Å². The molecule has 0 saturated carbocycles. The molecular weight excluding hydrogens is 1290 g/mol. The highest BCUT2D eigenvalue weighted by Gasteiger charge is 2.43. The van der Waals surface area contributed by atoms with Crippen LogP contribution in [-0.4, -0.2) is 125 Å². The van der Waals surface area contributed by atoms with Crippen LogP contribution in [-0.2, 0) is 54.0 Å². The molecule has 1 aromatic heterocycles. The number of rotatable bonds is 38. The molecule has 0 bridgehead atoms. The summed E-state index contributed by atoms with van der Waals surface area (Å²) < 4.78 is 32.3. The van der Waals surface area contributed by atoms with E-state index >= 15 is 0 Å². The summed E-state index contributed by atoms with van der Waals surface area (Å²) in [5.41, 5.74) is 21.4. The van der Waals surface area contributed by atoms with Crippen molar-refractivity contribution in [3.05, 3.63) is 199 Å². The number of primary amides is 1. The Morgan fingerprint density at radius 2 is 1.33 bits per heavy atom. The number of hydrogen-bond acceptors (Lipinski definition) is 12. The number of benzene rings is 5. The highest BCUT2D eigenvalue weighted by molar-refractivity contribution is 14.1. The Morgan fingerprint density at radius 3 is 2.00 bits per heavy atom.